The number of fused-ring (bicyclic) bond motifs is 1. The van der Waals surface area contributed by atoms with Crippen LogP contribution in [0.3, 0.4) is 0 Å². The van der Waals surface area contributed by atoms with E-state index >= 15 is 0 Å². The molecule has 1 N–H and O–H groups in total. The van der Waals surface area contributed by atoms with Crippen molar-refractivity contribution < 1.29 is 4.79 Å². The first-order valence-electron chi connectivity index (χ1n) is 9.69. The highest BCUT2D eigenvalue weighted by Crippen LogP contribution is 2.25. The van der Waals surface area contributed by atoms with E-state index in [0.717, 1.165) is 21.5 Å². The van der Waals surface area contributed by atoms with Gasteiger partial charge in [0.25, 0.3) is 0 Å². The summed E-state index contributed by atoms with van der Waals surface area (Å²) >= 11 is 1.22. The highest BCUT2D eigenvalue weighted by Gasteiger charge is 2.14. The zero-order chi connectivity index (χ0) is 20.5. The summed E-state index contributed by atoms with van der Waals surface area (Å²) in [6.07, 6.45) is 1.13. The van der Waals surface area contributed by atoms with Crippen molar-refractivity contribution in [2.24, 2.45) is 0 Å². The molecule has 28 heavy (non-hydrogen) atoms. The van der Waals surface area contributed by atoms with Crippen LogP contribution in [0.2, 0.25) is 0 Å². The number of nitrogens with one attached hydrogen (secondary N) is 1. The van der Waals surface area contributed by atoms with E-state index in [0.29, 0.717) is 12.8 Å². The maximum atomic E-state index is 12.4. The molecule has 3 aromatic rings. The Morgan fingerprint density at radius 2 is 1.79 bits per heavy atom. The Morgan fingerprint density at radius 1 is 1.11 bits per heavy atom. The number of anilines is 1. The number of nitrogens with zero attached hydrogens (tertiary/aromatic N) is 1. The van der Waals surface area contributed by atoms with Crippen molar-refractivity contribution in [3.8, 4) is 0 Å². The molecular formula is C23H28N2O2S. The fourth-order valence-corrected chi connectivity index (χ4v) is 4.31. The third kappa shape index (κ3) is 4.53. The summed E-state index contributed by atoms with van der Waals surface area (Å²) in [6, 6.07) is 14.3. The number of carbonyl (C=O) groups is 1. The minimum atomic E-state index is -0.0186. The maximum absolute atomic E-state index is 12.4. The number of amides is 1. The zero-order valence-corrected chi connectivity index (χ0v) is 18.0. The lowest BCUT2D eigenvalue weighted by molar-refractivity contribution is -0.116. The highest BCUT2D eigenvalue weighted by atomic mass is 32.1. The number of carbonyl (C=O) groups excluding carboxylic acids is 1. The predicted molar refractivity (Wildman–Crippen MR) is 119 cm³/mol. The monoisotopic (exact) mass is 396 g/mol. The van der Waals surface area contributed by atoms with E-state index in [2.05, 4.69) is 50.4 Å². The average Bonchev–Trinajstić information content (AvgIpc) is 2.94. The Kier molecular flexibility index (Phi) is 5.75. The topological polar surface area (TPSA) is 51.1 Å². The maximum Gasteiger partial charge on any atom is 0.308 e. The van der Waals surface area contributed by atoms with Gasteiger partial charge in [-0.2, -0.15) is 0 Å². The first kappa shape index (κ1) is 20.3. The molecule has 5 heteroatoms. The molecule has 0 unspecified atom stereocenters. The molecule has 148 valence electrons. The minimum absolute atomic E-state index is 0.0186. The van der Waals surface area contributed by atoms with Gasteiger partial charge in [-0.1, -0.05) is 56.4 Å². The van der Waals surface area contributed by atoms with Crippen LogP contribution in [-0.4, -0.2) is 10.5 Å². The van der Waals surface area contributed by atoms with Crippen LogP contribution in [0.5, 0.6) is 0 Å². The normalized spacial score (nSPS) is 11.9. The molecule has 4 nitrogen and oxygen atoms in total. The van der Waals surface area contributed by atoms with Gasteiger partial charge in [-0.25, -0.2) is 0 Å². The molecule has 0 saturated heterocycles. The van der Waals surface area contributed by atoms with E-state index in [1.165, 1.54) is 16.9 Å². The first-order valence-corrected chi connectivity index (χ1v) is 10.5. The third-order valence-electron chi connectivity index (χ3n) is 4.87. The zero-order valence-electron chi connectivity index (χ0n) is 17.2. The van der Waals surface area contributed by atoms with Gasteiger partial charge >= 0.3 is 4.87 Å². The largest absolute Gasteiger partial charge is 0.326 e. The lowest BCUT2D eigenvalue weighted by Crippen LogP contribution is -2.14. The van der Waals surface area contributed by atoms with Crippen LogP contribution >= 0.6 is 11.3 Å². The molecule has 0 bridgehead atoms. The summed E-state index contributed by atoms with van der Waals surface area (Å²) < 4.78 is 2.68. The molecule has 1 aromatic heterocycles. The molecule has 0 aliphatic rings. The van der Waals surface area contributed by atoms with E-state index in [1.54, 1.807) is 4.57 Å². The van der Waals surface area contributed by atoms with Crippen molar-refractivity contribution >= 4 is 33.1 Å². The molecule has 0 spiro atoms. The molecule has 3 rings (SSSR count). The van der Waals surface area contributed by atoms with Crippen LogP contribution in [0.15, 0.2) is 47.3 Å². The quantitative estimate of drug-likeness (QED) is 0.618. The standard InChI is InChI=1S/C23H28N2O2S/c1-15(2)25-19-12-11-18(14-20(19)28-22(25)27)24-21(26)13-8-16-6-9-17(10-7-16)23(3,4)5/h6-7,9-12,14-15H,8,13H2,1-5H3,(H,24,26). The van der Waals surface area contributed by atoms with Gasteiger partial charge in [-0.3, -0.25) is 14.2 Å². The number of aryl methyl sites for hydroxylation is 1. The molecular weight excluding hydrogens is 368 g/mol. The third-order valence-corrected chi connectivity index (χ3v) is 5.79. The number of thiazole rings is 1. The Morgan fingerprint density at radius 3 is 2.39 bits per heavy atom. The van der Waals surface area contributed by atoms with Gasteiger partial charge in [0.1, 0.15) is 0 Å². The molecule has 0 fully saturated rings. The van der Waals surface area contributed by atoms with Crippen molar-refractivity contribution in [3.05, 3.63) is 63.3 Å². The van der Waals surface area contributed by atoms with Crippen LogP contribution in [0, 0.1) is 0 Å². The molecule has 2 aromatic carbocycles. The number of aromatic nitrogens is 1. The van der Waals surface area contributed by atoms with Crippen LogP contribution in [0.4, 0.5) is 5.69 Å². The van der Waals surface area contributed by atoms with Crippen molar-refractivity contribution in [2.75, 3.05) is 5.32 Å². The molecule has 0 aliphatic heterocycles. The Labute approximate surface area is 170 Å². The highest BCUT2D eigenvalue weighted by molar-refractivity contribution is 7.16. The summed E-state index contributed by atoms with van der Waals surface area (Å²) in [5.41, 5.74) is 4.24. The number of benzene rings is 2. The second-order valence-electron chi connectivity index (χ2n) is 8.51. The summed E-state index contributed by atoms with van der Waals surface area (Å²) in [6.45, 7) is 10.6. The first-order chi connectivity index (χ1) is 13.1. The minimum Gasteiger partial charge on any atom is -0.326 e. The van der Waals surface area contributed by atoms with Crippen LogP contribution in [-0.2, 0) is 16.6 Å². The second-order valence-corrected chi connectivity index (χ2v) is 9.50. The molecule has 0 aliphatic carbocycles. The second kappa shape index (κ2) is 7.92. The van der Waals surface area contributed by atoms with Gasteiger partial charge in [0.05, 0.1) is 10.2 Å². The lowest BCUT2D eigenvalue weighted by Gasteiger charge is -2.19. The van der Waals surface area contributed by atoms with E-state index in [-0.39, 0.29) is 22.2 Å². The number of hydrogen-bond acceptors (Lipinski definition) is 3. The van der Waals surface area contributed by atoms with Gasteiger partial charge in [-0.05, 0) is 55.0 Å². The van der Waals surface area contributed by atoms with Crippen molar-refractivity contribution in [3.63, 3.8) is 0 Å². The van der Waals surface area contributed by atoms with Gasteiger partial charge in [0.2, 0.25) is 5.91 Å². The molecule has 1 amide bonds. The summed E-state index contributed by atoms with van der Waals surface area (Å²) in [7, 11) is 0. The fourth-order valence-electron chi connectivity index (χ4n) is 3.26. The van der Waals surface area contributed by atoms with E-state index in [9.17, 15) is 9.59 Å². The number of hydrogen-bond donors (Lipinski definition) is 1. The van der Waals surface area contributed by atoms with Gasteiger partial charge in [-0.15, -0.1) is 0 Å². The Balaban J connectivity index is 1.64. The number of rotatable bonds is 5. The van der Waals surface area contributed by atoms with Crippen molar-refractivity contribution in [1.82, 2.24) is 4.57 Å². The van der Waals surface area contributed by atoms with Gasteiger partial charge < -0.3 is 5.32 Å². The van der Waals surface area contributed by atoms with Gasteiger partial charge in [0, 0.05) is 18.2 Å². The molecule has 0 saturated carbocycles. The fraction of sp³-hybridized carbons (Fsp3) is 0.391. The van der Waals surface area contributed by atoms with E-state index < -0.39 is 0 Å². The average molecular weight is 397 g/mol. The van der Waals surface area contributed by atoms with Gasteiger partial charge in [0.15, 0.2) is 0 Å². The summed E-state index contributed by atoms with van der Waals surface area (Å²) in [5, 5.41) is 2.95. The SMILES string of the molecule is CC(C)n1c(=O)sc2cc(NC(=O)CCc3ccc(C(C)(C)C)cc3)ccc21. The van der Waals surface area contributed by atoms with Crippen LogP contribution in [0.25, 0.3) is 10.2 Å². The summed E-state index contributed by atoms with van der Waals surface area (Å²) in [4.78, 5) is 24.5. The summed E-state index contributed by atoms with van der Waals surface area (Å²) in [5.74, 6) is -0.0186. The Bertz CT molecular complexity index is 1040. The molecule has 0 atom stereocenters. The van der Waals surface area contributed by atoms with Crippen molar-refractivity contribution in [1.29, 1.82) is 0 Å². The van der Waals surface area contributed by atoms with Crippen LogP contribution in [0.1, 0.15) is 58.2 Å². The molecule has 1 heterocycles. The lowest BCUT2D eigenvalue weighted by atomic mass is 9.86. The predicted octanol–water partition coefficient (Wildman–Crippen LogP) is 5.51. The molecule has 0 radical (unpaired) electrons. The van der Waals surface area contributed by atoms with E-state index in [1.807, 2.05) is 32.0 Å². The smallest absolute Gasteiger partial charge is 0.308 e. The van der Waals surface area contributed by atoms with Crippen molar-refractivity contribution in [2.45, 2.75) is 58.9 Å². The van der Waals surface area contributed by atoms with E-state index in [4.69, 9.17) is 0 Å². The van der Waals surface area contributed by atoms with Crippen LogP contribution < -0.4 is 10.2 Å². The Hall–Kier alpha value is -2.40.